The van der Waals surface area contributed by atoms with Crippen LogP contribution in [0.2, 0.25) is 0 Å². The molecule has 23 heavy (non-hydrogen) atoms. The van der Waals surface area contributed by atoms with E-state index in [1.54, 1.807) is 19.1 Å². The minimum absolute atomic E-state index is 0. The Bertz CT molecular complexity index is 600. The largest absolute Gasteiger partial charge is 0.493 e. The number of para-hydroxylation sites is 1. The SMILES string of the molecule is COc1cccc2c1OCC(C(=O)N(C)CC(C)(C)CN)=C2.Cl. The molecule has 128 valence electrons. The Hall–Kier alpha value is -1.72. The summed E-state index contributed by atoms with van der Waals surface area (Å²) in [6.45, 7) is 5.47. The van der Waals surface area contributed by atoms with Crippen molar-refractivity contribution in [2.45, 2.75) is 13.8 Å². The van der Waals surface area contributed by atoms with Crippen LogP contribution in [-0.2, 0) is 4.79 Å². The lowest BCUT2D eigenvalue weighted by atomic mass is 9.93. The maximum absolute atomic E-state index is 12.6. The second-order valence-corrected chi connectivity index (χ2v) is 6.37. The number of likely N-dealkylation sites (N-methyl/N-ethyl adjacent to an activating group) is 1. The van der Waals surface area contributed by atoms with Crippen LogP contribution in [0.15, 0.2) is 23.8 Å². The summed E-state index contributed by atoms with van der Waals surface area (Å²) in [4.78, 5) is 14.3. The number of carbonyl (C=O) groups is 1. The smallest absolute Gasteiger partial charge is 0.253 e. The van der Waals surface area contributed by atoms with Gasteiger partial charge in [0, 0.05) is 19.2 Å². The molecule has 0 radical (unpaired) electrons. The van der Waals surface area contributed by atoms with Crippen LogP contribution in [0.5, 0.6) is 11.5 Å². The van der Waals surface area contributed by atoms with E-state index in [2.05, 4.69) is 0 Å². The fourth-order valence-corrected chi connectivity index (χ4v) is 2.49. The lowest BCUT2D eigenvalue weighted by molar-refractivity contribution is -0.127. The lowest BCUT2D eigenvalue weighted by Crippen LogP contribution is -2.41. The number of rotatable bonds is 5. The fraction of sp³-hybridized carbons (Fsp3) is 0.471. The van der Waals surface area contributed by atoms with Crippen molar-refractivity contribution < 1.29 is 14.3 Å². The van der Waals surface area contributed by atoms with E-state index < -0.39 is 0 Å². The number of nitrogens with zero attached hydrogens (tertiary/aromatic N) is 1. The van der Waals surface area contributed by atoms with E-state index in [4.69, 9.17) is 15.2 Å². The van der Waals surface area contributed by atoms with Gasteiger partial charge in [-0.25, -0.2) is 0 Å². The maximum Gasteiger partial charge on any atom is 0.253 e. The molecule has 0 unspecified atom stereocenters. The van der Waals surface area contributed by atoms with Gasteiger partial charge in [0.2, 0.25) is 0 Å². The molecule has 2 N–H and O–H groups in total. The third kappa shape index (κ3) is 4.39. The summed E-state index contributed by atoms with van der Waals surface area (Å²) < 4.78 is 11.0. The van der Waals surface area contributed by atoms with Gasteiger partial charge in [-0.3, -0.25) is 4.79 Å². The first-order valence-corrected chi connectivity index (χ1v) is 7.34. The molecule has 1 aromatic carbocycles. The number of methoxy groups -OCH3 is 1. The number of carbonyl (C=O) groups excluding carboxylic acids is 1. The Morgan fingerprint density at radius 1 is 1.43 bits per heavy atom. The van der Waals surface area contributed by atoms with E-state index in [9.17, 15) is 4.79 Å². The molecule has 0 spiro atoms. The van der Waals surface area contributed by atoms with Crippen LogP contribution < -0.4 is 15.2 Å². The summed E-state index contributed by atoms with van der Waals surface area (Å²) in [5, 5.41) is 0. The van der Waals surface area contributed by atoms with E-state index in [0.717, 1.165) is 5.56 Å². The third-order valence-corrected chi connectivity index (χ3v) is 3.77. The Kier molecular flexibility index (Phi) is 6.47. The van der Waals surface area contributed by atoms with Crippen molar-refractivity contribution in [2.75, 3.05) is 33.9 Å². The number of benzene rings is 1. The number of halogens is 1. The van der Waals surface area contributed by atoms with Crippen LogP contribution in [-0.4, -0.2) is 44.7 Å². The van der Waals surface area contributed by atoms with E-state index in [1.165, 1.54) is 0 Å². The van der Waals surface area contributed by atoms with E-state index >= 15 is 0 Å². The van der Waals surface area contributed by atoms with Gasteiger partial charge in [0.1, 0.15) is 6.61 Å². The predicted molar refractivity (Wildman–Crippen MR) is 94.2 cm³/mol. The molecule has 2 rings (SSSR count). The van der Waals surface area contributed by atoms with Gasteiger partial charge in [-0.05, 0) is 24.1 Å². The number of nitrogens with two attached hydrogens (primary N) is 1. The monoisotopic (exact) mass is 340 g/mol. The predicted octanol–water partition coefficient (Wildman–Crippen LogP) is 2.34. The topological polar surface area (TPSA) is 64.8 Å². The molecule has 0 fully saturated rings. The van der Waals surface area contributed by atoms with Gasteiger partial charge in [0.15, 0.2) is 11.5 Å². The van der Waals surface area contributed by atoms with Crippen LogP contribution >= 0.6 is 12.4 Å². The molecule has 0 saturated heterocycles. The fourth-order valence-electron chi connectivity index (χ4n) is 2.49. The van der Waals surface area contributed by atoms with Crippen molar-refractivity contribution in [3.63, 3.8) is 0 Å². The van der Waals surface area contributed by atoms with Crippen LogP contribution in [0.3, 0.4) is 0 Å². The van der Waals surface area contributed by atoms with E-state index in [0.29, 0.717) is 30.2 Å². The van der Waals surface area contributed by atoms with Gasteiger partial charge in [-0.2, -0.15) is 0 Å². The number of hydrogen-bond acceptors (Lipinski definition) is 4. The molecule has 1 aliphatic heterocycles. The molecule has 6 heteroatoms. The minimum atomic E-state index is -0.110. The zero-order valence-corrected chi connectivity index (χ0v) is 14.9. The van der Waals surface area contributed by atoms with Crippen molar-refractivity contribution in [1.29, 1.82) is 0 Å². The molecule has 1 amide bonds. The molecule has 0 saturated carbocycles. The van der Waals surface area contributed by atoms with Crippen molar-refractivity contribution in [2.24, 2.45) is 11.1 Å². The Balaban J connectivity index is 0.00000264. The van der Waals surface area contributed by atoms with Gasteiger partial charge in [-0.15, -0.1) is 12.4 Å². The molecule has 1 aliphatic rings. The first kappa shape index (κ1) is 19.3. The average Bonchev–Trinajstić information content (AvgIpc) is 2.52. The zero-order chi connectivity index (χ0) is 16.3. The van der Waals surface area contributed by atoms with E-state index in [-0.39, 0.29) is 30.3 Å². The molecule has 1 heterocycles. The summed E-state index contributed by atoms with van der Waals surface area (Å²) in [5.74, 6) is 1.33. The second-order valence-electron chi connectivity index (χ2n) is 6.37. The average molecular weight is 341 g/mol. The first-order valence-electron chi connectivity index (χ1n) is 7.34. The molecule has 0 atom stereocenters. The van der Waals surface area contributed by atoms with Gasteiger partial charge in [0.25, 0.3) is 5.91 Å². The minimum Gasteiger partial charge on any atom is -0.493 e. The number of hydrogen-bond donors (Lipinski definition) is 1. The van der Waals surface area contributed by atoms with Gasteiger partial charge in [-0.1, -0.05) is 26.0 Å². The second kappa shape index (κ2) is 7.70. The molecule has 5 nitrogen and oxygen atoms in total. The van der Waals surface area contributed by atoms with E-state index in [1.807, 2.05) is 38.1 Å². The highest BCUT2D eigenvalue weighted by atomic mass is 35.5. The Labute approximate surface area is 143 Å². The highest BCUT2D eigenvalue weighted by molar-refractivity contribution is 5.99. The molecular weight excluding hydrogens is 316 g/mol. The van der Waals surface area contributed by atoms with Crippen LogP contribution in [0.25, 0.3) is 6.08 Å². The number of ether oxygens (including phenoxy) is 2. The normalized spacial score (nSPS) is 13.2. The summed E-state index contributed by atoms with van der Waals surface area (Å²) in [5.41, 5.74) is 7.12. The Morgan fingerprint density at radius 3 is 2.74 bits per heavy atom. The van der Waals surface area contributed by atoms with Gasteiger partial charge < -0.3 is 20.1 Å². The van der Waals surface area contributed by atoms with Crippen molar-refractivity contribution in [3.8, 4) is 11.5 Å². The summed E-state index contributed by atoms with van der Waals surface area (Å²) in [7, 11) is 3.40. The third-order valence-electron chi connectivity index (χ3n) is 3.77. The van der Waals surface area contributed by atoms with Crippen molar-refractivity contribution >= 4 is 24.4 Å². The van der Waals surface area contributed by atoms with Gasteiger partial charge >= 0.3 is 0 Å². The highest BCUT2D eigenvalue weighted by Crippen LogP contribution is 2.35. The maximum atomic E-state index is 12.6. The van der Waals surface area contributed by atoms with Crippen LogP contribution in [0, 0.1) is 5.41 Å². The van der Waals surface area contributed by atoms with Crippen molar-refractivity contribution in [3.05, 3.63) is 29.3 Å². The Morgan fingerprint density at radius 2 is 2.13 bits per heavy atom. The summed E-state index contributed by atoms with van der Waals surface area (Å²) >= 11 is 0. The quantitative estimate of drug-likeness (QED) is 0.893. The summed E-state index contributed by atoms with van der Waals surface area (Å²) in [6, 6.07) is 5.63. The highest BCUT2D eigenvalue weighted by Gasteiger charge is 2.26. The summed E-state index contributed by atoms with van der Waals surface area (Å²) in [6.07, 6.45) is 1.87. The molecular formula is C17H25ClN2O3. The molecule has 0 aromatic heterocycles. The molecule has 0 bridgehead atoms. The van der Waals surface area contributed by atoms with Crippen LogP contribution in [0.4, 0.5) is 0 Å². The number of fused-ring (bicyclic) bond motifs is 1. The molecule has 1 aromatic rings. The van der Waals surface area contributed by atoms with Gasteiger partial charge in [0.05, 0.1) is 12.7 Å². The zero-order valence-electron chi connectivity index (χ0n) is 14.1. The van der Waals surface area contributed by atoms with Crippen LogP contribution in [0.1, 0.15) is 19.4 Å². The lowest BCUT2D eigenvalue weighted by Gasteiger charge is -2.30. The van der Waals surface area contributed by atoms with Crippen molar-refractivity contribution in [1.82, 2.24) is 4.90 Å². The number of amides is 1. The molecule has 0 aliphatic carbocycles. The standard InChI is InChI=1S/C17H24N2O3.ClH/c1-17(2,10-18)11-19(3)16(20)13-8-12-6-5-7-14(21-4)15(12)22-9-13;/h5-8H,9-11,18H2,1-4H3;1H. The first-order chi connectivity index (χ1) is 10.4.